The first-order valence-electron chi connectivity index (χ1n) is 9.67. The van der Waals surface area contributed by atoms with Crippen molar-refractivity contribution in [2.75, 3.05) is 0 Å². The highest BCUT2D eigenvalue weighted by Gasteiger charge is 2.30. The van der Waals surface area contributed by atoms with E-state index in [0.717, 1.165) is 33.3 Å². The van der Waals surface area contributed by atoms with E-state index in [4.69, 9.17) is 0 Å². The molecule has 2 aromatic carbocycles. The van der Waals surface area contributed by atoms with Crippen LogP contribution in [0.5, 0.6) is 0 Å². The molecular weight excluding hydrogens is 363 g/mol. The summed E-state index contributed by atoms with van der Waals surface area (Å²) in [6.45, 7) is 3.20. The van der Waals surface area contributed by atoms with Gasteiger partial charge in [0.25, 0.3) is 0 Å². The van der Waals surface area contributed by atoms with Gasteiger partial charge in [-0.15, -0.1) is 4.68 Å². The van der Waals surface area contributed by atoms with Crippen LogP contribution in [0, 0.1) is 0 Å². The van der Waals surface area contributed by atoms with Crippen LogP contribution in [0.3, 0.4) is 0 Å². The Kier molecular flexibility index (Phi) is 3.81. The first-order valence-corrected chi connectivity index (χ1v) is 9.67. The number of nitrogens with zero attached hydrogens (tertiary/aromatic N) is 4. The van der Waals surface area contributed by atoms with Crippen LogP contribution in [0.4, 0.5) is 4.39 Å². The van der Waals surface area contributed by atoms with Gasteiger partial charge in [0.05, 0.1) is 23.6 Å². The molecule has 29 heavy (non-hydrogen) atoms. The summed E-state index contributed by atoms with van der Waals surface area (Å²) in [5, 5.41) is 1.09. The van der Waals surface area contributed by atoms with Gasteiger partial charge in [-0.2, -0.15) is 4.68 Å². The maximum absolute atomic E-state index is 15.1. The Bertz CT molecular complexity index is 1300. The number of fused-ring (bicyclic) bond motifs is 3. The average molecular weight is 385 g/mol. The zero-order valence-electron chi connectivity index (χ0n) is 16.7. The van der Waals surface area contributed by atoms with Gasteiger partial charge in [0, 0.05) is 17.1 Å². The Morgan fingerprint density at radius 1 is 0.931 bits per heavy atom. The Balaban J connectivity index is 1.89. The molecule has 0 saturated carbocycles. The van der Waals surface area contributed by atoms with Crippen molar-refractivity contribution in [3.63, 3.8) is 0 Å². The minimum atomic E-state index is -1.46. The monoisotopic (exact) mass is 385 g/mol. The van der Waals surface area contributed by atoms with Gasteiger partial charge in [-0.1, -0.05) is 36.4 Å². The van der Waals surface area contributed by atoms with Crippen LogP contribution < -0.4 is 4.57 Å². The van der Waals surface area contributed by atoms with Crippen LogP contribution in [-0.2, 0) is 12.7 Å². The van der Waals surface area contributed by atoms with Crippen molar-refractivity contribution in [1.82, 2.24) is 14.3 Å². The highest BCUT2D eigenvalue weighted by molar-refractivity contribution is 6.05. The minimum absolute atomic E-state index is 0.662. The molecule has 144 valence electrons. The number of benzene rings is 2. The molecule has 0 aliphatic carbocycles. The Labute approximate surface area is 168 Å². The number of halogens is 1. The number of imidazole rings is 1. The number of hydrogen-bond acceptors (Lipinski definition) is 1. The fraction of sp³-hybridized carbons (Fsp3) is 0.167. The summed E-state index contributed by atoms with van der Waals surface area (Å²) in [5.41, 5.74) is 3.07. The SMILES string of the molecule is C[n+]1ccn(-n2c3ccccc3c3ncccc32)c1-c1ccccc1C(C)(C)F. The topological polar surface area (TPSA) is 26.6 Å². The van der Waals surface area contributed by atoms with E-state index in [1.807, 2.05) is 72.7 Å². The van der Waals surface area contributed by atoms with Crippen molar-refractivity contribution in [3.05, 3.63) is 84.8 Å². The van der Waals surface area contributed by atoms with E-state index in [1.54, 1.807) is 13.8 Å². The summed E-state index contributed by atoms with van der Waals surface area (Å²) < 4.78 is 21.3. The van der Waals surface area contributed by atoms with E-state index in [0.29, 0.717) is 5.56 Å². The van der Waals surface area contributed by atoms with Crippen molar-refractivity contribution in [2.45, 2.75) is 19.5 Å². The van der Waals surface area contributed by atoms with Crippen molar-refractivity contribution >= 4 is 21.9 Å². The van der Waals surface area contributed by atoms with Crippen LogP contribution in [-0.4, -0.2) is 14.3 Å². The predicted octanol–water partition coefficient (Wildman–Crippen LogP) is 5.00. The Morgan fingerprint density at radius 3 is 2.48 bits per heavy atom. The molecule has 0 aliphatic heterocycles. The first kappa shape index (κ1) is 17.6. The lowest BCUT2D eigenvalue weighted by atomic mass is 9.94. The summed E-state index contributed by atoms with van der Waals surface area (Å²) in [6.07, 6.45) is 5.82. The molecule has 4 nitrogen and oxygen atoms in total. The van der Waals surface area contributed by atoms with E-state index in [9.17, 15) is 0 Å². The Morgan fingerprint density at radius 2 is 1.66 bits per heavy atom. The van der Waals surface area contributed by atoms with E-state index in [-0.39, 0.29) is 0 Å². The van der Waals surface area contributed by atoms with Gasteiger partial charge in [0.2, 0.25) is 0 Å². The number of hydrogen-bond donors (Lipinski definition) is 0. The maximum Gasteiger partial charge on any atom is 0.313 e. The van der Waals surface area contributed by atoms with E-state index in [1.165, 1.54) is 0 Å². The van der Waals surface area contributed by atoms with Crippen LogP contribution >= 0.6 is 0 Å². The highest BCUT2D eigenvalue weighted by atomic mass is 19.1. The standard InChI is InChI=1S/C24H22FN4/c1-24(2,25)19-11-6-4-9-17(19)23-27(3)15-16-28(23)29-20-12-7-5-10-18(20)22-21(29)13-8-14-26-22/h4-16H,1-3H3/q+1. The molecular formula is C24H22FN4+. The molecule has 0 radical (unpaired) electrons. The summed E-state index contributed by atoms with van der Waals surface area (Å²) in [7, 11) is 1.99. The molecule has 5 rings (SSSR count). The molecule has 3 heterocycles. The maximum atomic E-state index is 15.1. The lowest BCUT2D eigenvalue weighted by Gasteiger charge is -2.18. The fourth-order valence-corrected chi connectivity index (χ4v) is 4.13. The van der Waals surface area contributed by atoms with Crippen molar-refractivity contribution in [2.24, 2.45) is 7.05 Å². The number of aryl methyl sites for hydroxylation is 1. The lowest BCUT2D eigenvalue weighted by molar-refractivity contribution is -0.659. The van der Waals surface area contributed by atoms with Gasteiger partial charge in [-0.25, -0.2) is 8.96 Å². The molecule has 3 aromatic heterocycles. The van der Waals surface area contributed by atoms with Gasteiger partial charge in [-0.05, 0) is 38.1 Å². The van der Waals surface area contributed by atoms with Gasteiger partial charge in [0.15, 0.2) is 6.20 Å². The molecule has 0 fully saturated rings. The second-order valence-corrected chi connectivity index (χ2v) is 7.80. The number of para-hydroxylation sites is 1. The minimum Gasteiger partial charge on any atom is -0.254 e. The molecule has 0 saturated heterocycles. The van der Waals surface area contributed by atoms with E-state index < -0.39 is 5.67 Å². The van der Waals surface area contributed by atoms with Crippen molar-refractivity contribution in [1.29, 1.82) is 0 Å². The predicted molar refractivity (Wildman–Crippen MR) is 113 cm³/mol. The summed E-state index contributed by atoms with van der Waals surface area (Å²) in [5.74, 6) is 0.901. The second kappa shape index (κ2) is 6.27. The van der Waals surface area contributed by atoms with Gasteiger partial charge < -0.3 is 0 Å². The molecule has 0 aliphatic rings. The van der Waals surface area contributed by atoms with E-state index >= 15 is 4.39 Å². The van der Waals surface area contributed by atoms with Crippen molar-refractivity contribution in [3.8, 4) is 11.4 Å². The number of rotatable bonds is 3. The number of pyridine rings is 1. The largest absolute Gasteiger partial charge is 0.313 e. The third-order valence-electron chi connectivity index (χ3n) is 5.41. The second-order valence-electron chi connectivity index (χ2n) is 7.80. The molecule has 0 N–H and O–H groups in total. The fourth-order valence-electron chi connectivity index (χ4n) is 4.13. The van der Waals surface area contributed by atoms with Crippen molar-refractivity contribution < 1.29 is 8.96 Å². The smallest absolute Gasteiger partial charge is 0.254 e. The average Bonchev–Trinajstić information content (AvgIpc) is 3.25. The highest BCUT2D eigenvalue weighted by Crippen LogP contribution is 2.34. The van der Waals surface area contributed by atoms with Gasteiger partial charge >= 0.3 is 5.82 Å². The van der Waals surface area contributed by atoms with Crippen LogP contribution in [0.25, 0.3) is 33.3 Å². The zero-order valence-corrected chi connectivity index (χ0v) is 16.7. The molecule has 0 spiro atoms. The van der Waals surface area contributed by atoms with Crippen LogP contribution in [0.2, 0.25) is 0 Å². The molecule has 0 amide bonds. The normalized spacial score (nSPS) is 12.1. The summed E-state index contributed by atoms with van der Waals surface area (Å²) in [6, 6.07) is 19.9. The third-order valence-corrected chi connectivity index (χ3v) is 5.41. The number of aromatic nitrogens is 4. The lowest BCUT2D eigenvalue weighted by Crippen LogP contribution is -2.31. The third kappa shape index (κ3) is 2.65. The van der Waals surface area contributed by atoms with Gasteiger partial charge in [-0.3, -0.25) is 4.98 Å². The summed E-state index contributed by atoms with van der Waals surface area (Å²) in [4.78, 5) is 4.62. The molecule has 0 bridgehead atoms. The Hall–Kier alpha value is -3.47. The first-order chi connectivity index (χ1) is 14.0. The summed E-state index contributed by atoms with van der Waals surface area (Å²) >= 11 is 0. The molecule has 0 unspecified atom stereocenters. The number of alkyl halides is 1. The molecule has 5 aromatic rings. The van der Waals surface area contributed by atoms with Crippen LogP contribution in [0.15, 0.2) is 79.3 Å². The zero-order chi connectivity index (χ0) is 20.2. The molecule has 5 heteroatoms. The quantitative estimate of drug-likeness (QED) is 0.402. The van der Waals surface area contributed by atoms with Gasteiger partial charge in [0.1, 0.15) is 17.4 Å². The van der Waals surface area contributed by atoms with E-state index in [2.05, 4.69) is 32.5 Å². The molecule has 0 atom stereocenters. The van der Waals surface area contributed by atoms with Crippen LogP contribution in [0.1, 0.15) is 19.4 Å².